The summed E-state index contributed by atoms with van der Waals surface area (Å²) in [7, 11) is 3.83. The van der Waals surface area contributed by atoms with Crippen LogP contribution < -0.4 is 5.32 Å². The second-order valence-electron chi connectivity index (χ2n) is 4.16. The third kappa shape index (κ3) is 2.85. The molecule has 5 heteroatoms. The van der Waals surface area contributed by atoms with Crippen molar-refractivity contribution in [3.8, 4) is 0 Å². The molecule has 0 amide bonds. The number of hydrogen-bond donors (Lipinski definition) is 1. The number of nitrogens with zero attached hydrogens (tertiary/aromatic N) is 1. The Bertz CT molecular complexity index is 185. The van der Waals surface area contributed by atoms with E-state index in [9.17, 15) is 13.2 Å². The predicted octanol–water partition coefficient (Wildman–Crippen LogP) is 1.62. The van der Waals surface area contributed by atoms with E-state index in [1.165, 1.54) is 0 Å². The maximum Gasteiger partial charge on any atom is 0.406 e. The van der Waals surface area contributed by atoms with E-state index in [1.54, 1.807) is 0 Å². The standard InChI is InChI=1S/C9H17F3N2/c1-14(2)7-3-6-13-8(4-5-8)9(10,11)12/h13H,3-7H2,1-2H3. The van der Waals surface area contributed by atoms with Gasteiger partial charge >= 0.3 is 6.18 Å². The maximum absolute atomic E-state index is 12.4. The van der Waals surface area contributed by atoms with Crippen molar-refractivity contribution < 1.29 is 13.2 Å². The minimum Gasteiger partial charge on any atom is -0.309 e. The van der Waals surface area contributed by atoms with Gasteiger partial charge in [0.15, 0.2) is 0 Å². The lowest BCUT2D eigenvalue weighted by molar-refractivity contribution is -0.165. The van der Waals surface area contributed by atoms with Crippen molar-refractivity contribution in [2.75, 3.05) is 27.2 Å². The third-order valence-electron chi connectivity index (χ3n) is 2.54. The van der Waals surface area contributed by atoms with Crippen LogP contribution in [0.1, 0.15) is 19.3 Å². The molecule has 0 aromatic heterocycles. The summed E-state index contributed by atoms with van der Waals surface area (Å²) in [5.74, 6) is 0. The first kappa shape index (κ1) is 11.8. The van der Waals surface area contributed by atoms with Gasteiger partial charge < -0.3 is 10.2 Å². The molecule has 14 heavy (non-hydrogen) atoms. The zero-order valence-corrected chi connectivity index (χ0v) is 8.62. The Kier molecular flexibility index (Phi) is 3.42. The Morgan fingerprint density at radius 1 is 1.29 bits per heavy atom. The molecular weight excluding hydrogens is 193 g/mol. The molecule has 0 unspecified atom stereocenters. The van der Waals surface area contributed by atoms with Crippen molar-refractivity contribution in [2.45, 2.75) is 31.0 Å². The summed E-state index contributed by atoms with van der Waals surface area (Å²) >= 11 is 0. The predicted molar refractivity (Wildman–Crippen MR) is 49.2 cm³/mol. The van der Waals surface area contributed by atoms with Crippen LogP contribution in [-0.2, 0) is 0 Å². The minimum absolute atomic E-state index is 0.235. The molecule has 0 saturated heterocycles. The summed E-state index contributed by atoms with van der Waals surface area (Å²) in [6, 6.07) is 0. The van der Waals surface area contributed by atoms with Crippen molar-refractivity contribution in [2.24, 2.45) is 0 Å². The summed E-state index contributed by atoms with van der Waals surface area (Å²) in [6.07, 6.45) is -2.85. The lowest BCUT2D eigenvalue weighted by Crippen LogP contribution is -2.45. The minimum atomic E-state index is -4.08. The van der Waals surface area contributed by atoms with Gasteiger partial charge in [0.05, 0.1) is 0 Å². The van der Waals surface area contributed by atoms with Crippen LogP contribution >= 0.6 is 0 Å². The number of halogens is 3. The molecule has 0 aromatic carbocycles. The van der Waals surface area contributed by atoms with Crippen LogP contribution in [0.2, 0.25) is 0 Å². The van der Waals surface area contributed by atoms with Crippen LogP contribution in [0.25, 0.3) is 0 Å². The highest BCUT2D eigenvalue weighted by Crippen LogP contribution is 2.48. The monoisotopic (exact) mass is 210 g/mol. The fourth-order valence-electron chi connectivity index (χ4n) is 1.41. The first-order valence-electron chi connectivity index (χ1n) is 4.84. The SMILES string of the molecule is CN(C)CCCNC1(C(F)(F)F)CC1. The molecule has 0 radical (unpaired) electrons. The van der Waals surface area contributed by atoms with Gasteiger partial charge in [-0.05, 0) is 46.4 Å². The Morgan fingerprint density at radius 3 is 2.21 bits per heavy atom. The summed E-state index contributed by atoms with van der Waals surface area (Å²) in [5.41, 5.74) is -1.54. The highest BCUT2D eigenvalue weighted by Gasteiger charge is 2.62. The van der Waals surface area contributed by atoms with Crippen LogP contribution in [0.3, 0.4) is 0 Å². The highest BCUT2D eigenvalue weighted by atomic mass is 19.4. The normalized spacial score (nSPS) is 20.1. The number of alkyl halides is 3. The zero-order valence-electron chi connectivity index (χ0n) is 8.62. The molecule has 0 atom stereocenters. The van der Waals surface area contributed by atoms with E-state index in [0.717, 1.165) is 13.0 Å². The summed E-state index contributed by atoms with van der Waals surface area (Å²) in [6.45, 7) is 1.26. The molecule has 84 valence electrons. The molecule has 1 saturated carbocycles. The Morgan fingerprint density at radius 2 is 1.86 bits per heavy atom. The van der Waals surface area contributed by atoms with Crippen molar-refractivity contribution >= 4 is 0 Å². The van der Waals surface area contributed by atoms with Gasteiger partial charge in [-0.15, -0.1) is 0 Å². The molecule has 1 aliphatic rings. The molecule has 2 nitrogen and oxygen atoms in total. The van der Waals surface area contributed by atoms with Gasteiger partial charge in [-0.1, -0.05) is 0 Å². The topological polar surface area (TPSA) is 15.3 Å². The first-order valence-corrected chi connectivity index (χ1v) is 4.84. The summed E-state index contributed by atoms with van der Waals surface area (Å²) < 4.78 is 37.2. The fourth-order valence-corrected chi connectivity index (χ4v) is 1.41. The van der Waals surface area contributed by atoms with E-state index < -0.39 is 11.7 Å². The van der Waals surface area contributed by atoms with E-state index in [2.05, 4.69) is 5.32 Å². The largest absolute Gasteiger partial charge is 0.406 e. The van der Waals surface area contributed by atoms with Gasteiger partial charge in [-0.25, -0.2) is 0 Å². The highest BCUT2D eigenvalue weighted by molar-refractivity contribution is 5.07. The molecule has 1 fully saturated rings. The molecule has 0 aromatic rings. The van der Waals surface area contributed by atoms with Gasteiger partial charge in [0, 0.05) is 0 Å². The second-order valence-corrected chi connectivity index (χ2v) is 4.16. The smallest absolute Gasteiger partial charge is 0.309 e. The van der Waals surface area contributed by atoms with Gasteiger partial charge in [0.1, 0.15) is 5.54 Å². The maximum atomic E-state index is 12.4. The number of hydrogen-bond acceptors (Lipinski definition) is 2. The van der Waals surface area contributed by atoms with Crippen LogP contribution in [0.4, 0.5) is 13.2 Å². The fraction of sp³-hybridized carbons (Fsp3) is 1.00. The quantitative estimate of drug-likeness (QED) is 0.694. The average molecular weight is 210 g/mol. The molecule has 1 aliphatic carbocycles. The number of nitrogens with one attached hydrogen (secondary N) is 1. The molecule has 0 bridgehead atoms. The van der Waals surface area contributed by atoms with E-state index in [1.807, 2.05) is 19.0 Å². The average Bonchev–Trinajstić information content (AvgIpc) is 2.77. The lowest BCUT2D eigenvalue weighted by atomic mass is 10.2. The summed E-state index contributed by atoms with van der Waals surface area (Å²) in [5, 5.41) is 2.61. The van der Waals surface area contributed by atoms with Crippen molar-refractivity contribution in [3.05, 3.63) is 0 Å². The molecule has 0 spiro atoms. The van der Waals surface area contributed by atoms with Crippen LogP contribution in [0.5, 0.6) is 0 Å². The van der Waals surface area contributed by atoms with Crippen LogP contribution in [-0.4, -0.2) is 43.8 Å². The first-order chi connectivity index (χ1) is 6.37. The van der Waals surface area contributed by atoms with Crippen molar-refractivity contribution in [3.63, 3.8) is 0 Å². The molecule has 0 heterocycles. The summed E-state index contributed by atoms with van der Waals surface area (Å²) in [4.78, 5) is 1.97. The van der Waals surface area contributed by atoms with Crippen LogP contribution in [0, 0.1) is 0 Å². The van der Waals surface area contributed by atoms with Crippen molar-refractivity contribution in [1.82, 2.24) is 10.2 Å². The Hall–Kier alpha value is -0.290. The Balaban J connectivity index is 2.19. The molecule has 0 aliphatic heterocycles. The van der Waals surface area contributed by atoms with E-state index in [4.69, 9.17) is 0 Å². The van der Waals surface area contributed by atoms with Gasteiger partial charge in [-0.3, -0.25) is 0 Å². The van der Waals surface area contributed by atoms with E-state index in [-0.39, 0.29) is 12.8 Å². The van der Waals surface area contributed by atoms with E-state index >= 15 is 0 Å². The van der Waals surface area contributed by atoms with Gasteiger partial charge in [-0.2, -0.15) is 13.2 Å². The van der Waals surface area contributed by atoms with Crippen LogP contribution in [0.15, 0.2) is 0 Å². The van der Waals surface area contributed by atoms with Gasteiger partial charge in [0.25, 0.3) is 0 Å². The number of rotatable bonds is 5. The molecule has 1 rings (SSSR count). The lowest BCUT2D eigenvalue weighted by Gasteiger charge is -2.21. The van der Waals surface area contributed by atoms with Crippen molar-refractivity contribution in [1.29, 1.82) is 0 Å². The Labute approximate surface area is 82.5 Å². The second kappa shape index (κ2) is 4.06. The van der Waals surface area contributed by atoms with E-state index in [0.29, 0.717) is 6.54 Å². The molecule has 1 N–H and O–H groups in total. The third-order valence-corrected chi connectivity index (χ3v) is 2.54. The van der Waals surface area contributed by atoms with Gasteiger partial charge in [0.2, 0.25) is 0 Å². The zero-order chi connectivity index (χ0) is 10.8. The molecular formula is C9H17F3N2.